The van der Waals surface area contributed by atoms with E-state index < -0.39 is 5.97 Å². The van der Waals surface area contributed by atoms with Crippen LogP contribution in [0.15, 0.2) is 35.7 Å². The predicted octanol–water partition coefficient (Wildman–Crippen LogP) is 1.13. The van der Waals surface area contributed by atoms with Gasteiger partial charge >= 0.3 is 5.97 Å². The van der Waals surface area contributed by atoms with Crippen molar-refractivity contribution in [2.45, 2.75) is 13.8 Å². The molecule has 6 nitrogen and oxygen atoms in total. The predicted molar refractivity (Wildman–Crippen MR) is 73.2 cm³/mol. The number of carbonyl (C=O) groups excluding carboxylic acids is 1. The molecule has 0 aliphatic rings. The number of hydrazine groups is 1. The average molecular weight is 265 g/mol. The van der Waals surface area contributed by atoms with Gasteiger partial charge in [-0.05, 0) is 26.0 Å². The first-order valence-electron chi connectivity index (χ1n) is 5.84. The molecule has 0 bridgehead atoms. The van der Waals surface area contributed by atoms with E-state index in [9.17, 15) is 4.79 Å². The van der Waals surface area contributed by atoms with Crippen LogP contribution in [0.5, 0.6) is 5.75 Å². The third kappa shape index (κ3) is 3.38. The number of carbonyl (C=O) groups is 1. The van der Waals surface area contributed by atoms with Gasteiger partial charge in [-0.3, -0.25) is 5.01 Å². The fourth-order valence-electron chi connectivity index (χ4n) is 1.60. The molecule has 0 unspecified atom stereocenters. The maximum Gasteiger partial charge on any atom is 0.358 e. The summed E-state index contributed by atoms with van der Waals surface area (Å²) in [6.07, 6.45) is 0. The number of hydrogen-bond donors (Lipinski definition) is 2. The van der Waals surface area contributed by atoms with Crippen LogP contribution in [0.25, 0.3) is 0 Å². The Kier molecular flexibility index (Phi) is 5.20. The summed E-state index contributed by atoms with van der Waals surface area (Å²) in [5.74, 6) is 5.92. The number of para-hydroxylation sites is 2. The normalized spacial score (nSPS) is 11.6. The number of hydrogen-bond acceptors (Lipinski definition) is 6. The highest BCUT2D eigenvalue weighted by atomic mass is 16.5. The minimum Gasteiger partial charge on any atom is -0.495 e. The van der Waals surface area contributed by atoms with E-state index >= 15 is 0 Å². The van der Waals surface area contributed by atoms with Crippen LogP contribution >= 0.6 is 0 Å². The van der Waals surface area contributed by atoms with Crippen LogP contribution in [0.2, 0.25) is 0 Å². The molecular weight excluding hydrogens is 246 g/mol. The molecule has 0 aliphatic carbocycles. The van der Waals surface area contributed by atoms with Gasteiger partial charge < -0.3 is 15.2 Å². The van der Waals surface area contributed by atoms with Gasteiger partial charge in [0.25, 0.3) is 0 Å². The second-order valence-corrected chi connectivity index (χ2v) is 3.79. The van der Waals surface area contributed by atoms with Crippen molar-refractivity contribution in [3.63, 3.8) is 0 Å². The average Bonchev–Trinajstić information content (AvgIpc) is 2.38. The van der Waals surface area contributed by atoms with E-state index in [1.807, 2.05) is 0 Å². The van der Waals surface area contributed by atoms with E-state index in [2.05, 4.69) is 0 Å². The fourth-order valence-corrected chi connectivity index (χ4v) is 1.60. The third-order valence-corrected chi connectivity index (χ3v) is 2.43. The van der Waals surface area contributed by atoms with Crippen molar-refractivity contribution < 1.29 is 14.3 Å². The molecule has 0 radical (unpaired) electrons. The van der Waals surface area contributed by atoms with Crippen LogP contribution in [0.4, 0.5) is 5.69 Å². The number of nitrogens with zero attached hydrogens (tertiary/aromatic N) is 1. The van der Waals surface area contributed by atoms with Gasteiger partial charge in [0.05, 0.1) is 19.4 Å². The first kappa shape index (κ1) is 14.8. The molecule has 0 saturated carbocycles. The largest absolute Gasteiger partial charge is 0.495 e. The van der Waals surface area contributed by atoms with Gasteiger partial charge in [0, 0.05) is 5.70 Å². The van der Waals surface area contributed by atoms with Crippen LogP contribution in [-0.4, -0.2) is 19.7 Å². The van der Waals surface area contributed by atoms with E-state index in [4.69, 9.17) is 21.1 Å². The zero-order chi connectivity index (χ0) is 14.4. The summed E-state index contributed by atoms with van der Waals surface area (Å²) in [6.45, 7) is 3.54. The first-order valence-corrected chi connectivity index (χ1v) is 5.84. The molecule has 6 heteroatoms. The summed E-state index contributed by atoms with van der Waals surface area (Å²) >= 11 is 0. The van der Waals surface area contributed by atoms with Crippen LogP contribution in [0.3, 0.4) is 0 Å². The molecule has 4 N–H and O–H groups in total. The summed E-state index contributed by atoms with van der Waals surface area (Å²) < 4.78 is 10.1. The lowest BCUT2D eigenvalue weighted by molar-refractivity contribution is -0.138. The van der Waals surface area contributed by atoms with Crippen molar-refractivity contribution in [1.29, 1.82) is 0 Å². The second-order valence-electron chi connectivity index (χ2n) is 3.79. The molecule has 0 fully saturated rings. The second kappa shape index (κ2) is 6.65. The summed E-state index contributed by atoms with van der Waals surface area (Å²) in [5.41, 5.74) is 6.60. The minimum atomic E-state index is -0.573. The summed E-state index contributed by atoms with van der Waals surface area (Å²) in [7, 11) is 1.52. The molecule has 1 aromatic rings. The topological polar surface area (TPSA) is 90.8 Å². The Balaban J connectivity index is 3.18. The molecule has 1 aromatic carbocycles. The van der Waals surface area contributed by atoms with Gasteiger partial charge in [-0.15, -0.1) is 0 Å². The third-order valence-electron chi connectivity index (χ3n) is 2.43. The lowest BCUT2D eigenvalue weighted by Gasteiger charge is -2.23. The number of nitrogens with two attached hydrogens (primary N) is 2. The molecule has 0 saturated heterocycles. The van der Waals surface area contributed by atoms with E-state index in [1.54, 1.807) is 38.1 Å². The molecule has 0 aliphatic heterocycles. The number of ether oxygens (including phenoxy) is 2. The standard InChI is InChI=1S/C13H19N3O3/c1-4-19-13(17)12(9(2)14)16(15)10-7-5-6-8-11(10)18-3/h5-8H,4,14-15H2,1-3H3/b12-9-. The Morgan fingerprint density at radius 1 is 1.37 bits per heavy atom. The van der Waals surface area contributed by atoms with Crippen LogP contribution in [0.1, 0.15) is 13.8 Å². The monoisotopic (exact) mass is 265 g/mol. The molecular formula is C13H19N3O3. The van der Waals surface area contributed by atoms with Gasteiger partial charge in [-0.25, -0.2) is 10.6 Å². The van der Waals surface area contributed by atoms with Crippen molar-refractivity contribution in [2.75, 3.05) is 18.7 Å². The summed E-state index contributed by atoms with van der Waals surface area (Å²) in [6, 6.07) is 7.05. The number of rotatable bonds is 5. The Labute approximate surface area is 112 Å². The molecule has 0 amide bonds. The van der Waals surface area contributed by atoms with Gasteiger partial charge in [0.15, 0.2) is 5.70 Å². The highest BCUT2D eigenvalue weighted by Crippen LogP contribution is 2.28. The number of allylic oxidation sites excluding steroid dienone is 1. The minimum absolute atomic E-state index is 0.0892. The smallest absolute Gasteiger partial charge is 0.358 e. The molecule has 0 heterocycles. The molecule has 0 aromatic heterocycles. The Hall–Kier alpha value is -2.21. The molecule has 0 atom stereocenters. The van der Waals surface area contributed by atoms with E-state index in [1.165, 1.54) is 12.1 Å². The molecule has 104 valence electrons. The van der Waals surface area contributed by atoms with Crippen molar-refractivity contribution in [1.82, 2.24) is 0 Å². The molecule has 19 heavy (non-hydrogen) atoms. The van der Waals surface area contributed by atoms with Gasteiger partial charge in [-0.1, -0.05) is 12.1 Å². The summed E-state index contributed by atoms with van der Waals surface area (Å²) in [5, 5.41) is 1.17. The highest BCUT2D eigenvalue weighted by molar-refractivity contribution is 5.93. The number of esters is 1. The van der Waals surface area contributed by atoms with Gasteiger partial charge in [0.1, 0.15) is 5.75 Å². The van der Waals surface area contributed by atoms with Crippen LogP contribution < -0.4 is 21.3 Å². The van der Waals surface area contributed by atoms with Crippen LogP contribution in [0, 0.1) is 0 Å². The molecule has 0 spiro atoms. The van der Waals surface area contributed by atoms with E-state index in [-0.39, 0.29) is 18.0 Å². The van der Waals surface area contributed by atoms with Crippen LogP contribution in [-0.2, 0) is 9.53 Å². The quantitative estimate of drug-likeness (QED) is 0.359. The fraction of sp³-hybridized carbons (Fsp3) is 0.308. The SMILES string of the molecule is CCOC(=O)/C(=C(\C)N)N(N)c1ccccc1OC. The lowest BCUT2D eigenvalue weighted by Crippen LogP contribution is -2.37. The number of anilines is 1. The maximum absolute atomic E-state index is 11.9. The van der Waals surface area contributed by atoms with Crippen molar-refractivity contribution in [3.05, 3.63) is 35.7 Å². The maximum atomic E-state index is 11.9. The van der Waals surface area contributed by atoms with Crippen molar-refractivity contribution in [3.8, 4) is 5.75 Å². The summed E-state index contributed by atoms with van der Waals surface area (Å²) in [4.78, 5) is 11.9. The van der Waals surface area contributed by atoms with Crippen molar-refractivity contribution >= 4 is 11.7 Å². The van der Waals surface area contributed by atoms with Crippen molar-refractivity contribution in [2.24, 2.45) is 11.6 Å². The van der Waals surface area contributed by atoms with E-state index in [0.717, 1.165) is 0 Å². The lowest BCUT2D eigenvalue weighted by atomic mass is 10.2. The Morgan fingerprint density at radius 2 is 2.00 bits per heavy atom. The Bertz CT molecular complexity index is 482. The number of methoxy groups -OCH3 is 1. The Morgan fingerprint density at radius 3 is 2.53 bits per heavy atom. The van der Waals surface area contributed by atoms with E-state index in [0.29, 0.717) is 11.4 Å². The van der Waals surface area contributed by atoms with Gasteiger partial charge in [0.2, 0.25) is 0 Å². The zero-order valence-corrected chi connectivity index (χ0v) is 11.3. The first-order chi connectivity index (χ1) is 9.02. The molecule has 1 rings (SSSR count). The zero-order valence-electron chi connectivity index (χ0n) is 11.3. The van der Waals surface area contributed by atoms with Gasteiger partial charge in [-0.2, -0.15) is 0 Å². The highest BCUT2D eigenvalue weighted by Gasteiger charge is 2.22. The number of benzene rings is 1.